The lowest BCUT2D eigenvalue weighted by Crippen LogP contribution is -2.13. The number of nitrogens with zero attached hydrogens (tertiary/aromatic N) is 1. The third-order valence-electron chi connectivity index (χ3n) is 2.60. The summed E-state index contributed by atoms with van der Waals surface area (Å²) in [5, 5.41) is 10.8. The SMILES string of the molecule is CC(=O)Oc1cc([N+](=O)[O-])ccc1C(=O)Oc1ccccc1. The Morgan fingerprint density at radius 2 is 1.73 bits per heavy atom. The summed E-state index contributed by atoms with van der Waals surface area (Å²) in [5.41, 5.74) is -0.378. The van der Waals surface area contributed by atoms with Gasteiger partial charge >= 0.3 is 11.9 Å². The van der Waals surface area contributed by atoms with E-state index in [1.54, 1.807) is 30.3 Å². The molecule has 0 N–H and O–H groups in total. The molecule has 0 atom stereocenters. The predicted octanol–water partition coefficient (Wildman–Crippen LogP) is 2.74. The maximum Gasteiger partial charge on any atom is 0.347 e. The van der Waals surface area contributed by atoms with Gasteiger partial charge in [0.15, 0.2) is 5.75 Å². The molecule has 0 unspecified atom stereocenters. The Bertz CT molecular complexity index is 726. The van der Waals surface area contributed by atoms with Crippen molar-refractivity contribution in [2.24, 2.45) is 0 Å². The Hall–Kier alpha value is -3.22. The Morgan fingerprint density at radius 1 is 1.05 bits per heavy atom. The number of carbonyl (C=O) groups excluding carboxylic acids is 2. The first kappa shape index (κ1) is 15.2. The van der Waals surface area contributed by atoms with Gasteiger partial charge in [0.2, 0.25) is 0 Å². The second kappa shape index (κ2) is 6.49. The molecule has 0 radical (unpaired) electrons. The summed E-state index contributed by atoms with van der Waals surface area (Å²) in [7, 11) is 0. The highest BCUT2D eigenvalue weighted by Crippen LogP contribution is 2.26. The van der Waals surface area contributed by atoms with Gasteiger partial charge in [0.1, 0.15) is 11.3 Å². The van der Waals surface area contributed by atoms with Crippen molar-refractivity contribution >= 4 is 17.6 Å². The van der Waals surface area contributed by atoms with Crippen LogP contribution in [0.15, 0.2) is 48.5 Å². The van der Waals surface area contributed by atoms with Gasteiger partial charge in [-0.1, -0.05) is 18.2 Å². The largest absolute Gasteiger partial charge is 0.426 e. The summed E-state index contributed by atoms with van der Waals surface area (Å²) in [6.45, 7) is 1.13. The lowest BCUT2D eigenvalue weighted by atomic mass is 10.2. The van der Waals surface area contributed by atoms with Crippen LogP contribution in [0.4, 0.5) is 5.69 Å². The van der Waals surface area contributed by atoms with E-state index in [9.17, 15) is 19.7 Å². The highest BCUT2D eigenvalue weighted by Gasteiger charge is 2.20. The summed E-state index contributed by atoms with van der Waals surface area (Å²) in [6.07, 6.45) is 0. The molecular weight excluding hydrogens is 290 g/mol. The van der Waals surface area contributed by atoms with Crippen LogP contribution in [0.2, 0.25) is 0 Å². The average molecular weight is 301 g/mol. The molecule has 0 spiro atoms. The number of nitro benzene ring substituents is 1. The first-order valence-corrected chi connectivity index (χ1v) is 6.21. The number of benzene rings is 2. The normalized spacial score (nSPS) is 9.86. The van der Waals surface area contributed by atoms with Gasteiger partial charge in [-0.05, 0) is 18.2 Å². The van der Waals surface area contributed by atoms with Crippen LogP contribution in [0, 0.1) is 10.1 Å². The van der Waals surface area contributed by atoms with Crippen LogP contribution >= 0.6 is 0 Å². The first-order chi connectivity index (χ1) is 10.5. The number of ether oxygens (including phenoxy) is 2. The number of hydrogen-bond donors (Lipinski definition) is 0. The number of hydrogen-bond acceptors (Lipinski definition) is 6. The summed E-state index contributed by atoms with van der Waals surface area (Å²) in [4.78, 5) is 33.3. The van der Waals surface area contributed by atoms with Gasteiger partial charge in [-0.25, -0.2) is 4.79 Å². The molecule has 0 aliphatic heterocycles. The van der Waals surface area contributed by atoms with E-state index in [0.29, 0.717) is 5.75 Å². The molecule has 0 fully saturated rings. The van der Waals surface area contributed by atoms with Crippen LogP contribution in [0.3, 0.4) is 0 Å². The van der Waals surface area contributed by atoms with Crippen molar-refractivity contribution < 1.29 is 24.0 Å². The topological polar surface area (TPSA) is 95.7 Å². The van der Waals surface area contributed by atoms with Crippen LogP contribution in [-0.2, 0) is 4.79 Å². The van der Waals surface area contributed by atoms with Crippen LogP contribution in [0.1, 0.15) is 17.3 Å². The van der Waals surface area contributed by atoms with E-state index in [0.717, 1.165) is 19.1 Å². The van der Waals surface area contributed by atoms with Gasteiger partial charge in [-0.2, -0.15) is 0 Å². The van der Waals surface area contributed by atoms with Crippen molar-refractivity contribution in [1.29, 1.82) is 0 Å². The number of para-hydroxylation sites is 1. The zero-order valence-electron chi connectivity index (χ0n) is 11.5. The molecule has 0 aromatic heterocycles. The maximum absolute atomic E-state index is 12.1. The zero-order valence-corrected chi connectivity index (χ0v) is 11.5. The lowest BCUT2D eigenvalue weighted by molar-refractivity contribution is -0.384. The fourth-order valence-corrected chi connectivity index (χ4v) is 1.68. The summed E-state index contributed by atoms with van der Waals surface area (Å²) in [5.74, 6) is -1.39. The van der Waals surface area contributed by atoms with Gasteiger partial charge < -0.3 is 9.47 Å². The van der Waals surface area contributed by atoms with E-state index in [1.807, 2.05) is 0 Å². The van der Waals surface area contributed by atoms with Crippen LogP contribution in [-0.4, -0.2) is 16.9 Å². The molecular formula is C15H11NO6. The molecule has 0 amide bonds. The molecule has 2 aromatic carbocycles. The molecule has 0 saturated heterocycles. The molecule has 112 valence electrons. The van der Waals surface area contributed by atoms with Gasteiger partial charge in [0, 0.05) is 13.0 Å². The third kappa shape index (κ3) is 3.66. The Labute approximate surface area is 125 Å². The van der Waals surface area contributed by atoms with Gasteiger partial charge in [0.05, 0.1) is 11.0 Å². The molecule has 0 heterocycles. The standard InChI is InChI=1S/C15H11NO6/c1-10(17)21-14-9-11(16(19)20)7-8-13(14)15(18)22-12-5-3-2-4-6-12/h2-9H,1H3. The Kier molecular flexibility index (Phi) is 4.47. The molecule has 0 saturated carbocycles. The monoisotopic (exact) mass is 301 g/mol. The minimum Gasteiger partial charge on any atom is -0.426 e. The first-order valence-electron chi connectivity index (χ1n) is 6.21. The molecule has 7 heteroatoms. The molecule has 22 heavy (non-hydrogen) atoms. The second-order valence-electron chi connectivity index (χ2n) is 4.23. The zero-order chi connectivity index (χ0) is 16.1. The van der Waals surface area contributed by atoms with Crippen molar-refractivity contribution in [3.63, 3.8) is 0 Å². The quantitative estimate of drug-likeness (QED) is 0.373. The van der Waals surface area contributed by atoms with E-state index < -0.39 is 16.9 Å². The molecule has 7 nitrogen and oxygen atoms in total. The van der Waals surface area contributed by atoms with Crippen LogP contribution in [0.25, 0.3) is 0 Å². The summed E-state index contributed by atoms with van der Waals surface area (Å²) >= 11 is 0. The number of non-ortho nitro benzene ring substituents is 1. The van der Waals surface area contributed by atoms with Crippen molar-refractivity contribution in [3.8, 4) is 11.5 Å². The molecule has 2 rings (SSSR count). The molecule has 0 aliphatic rings. The number of carbonyl (C=O) groups is 2. The number of esters is 2. The van der Waals surface area contributed by atoms with Gasteiger partial charge in [-0.15, -0.1) is 0 Å². The summed E-state index contributed by atoms with van der Waals surface area (Å²) < 4.78 is 9.97. The second-order valence-corrected chi connectivity index (χ2v) is 4.23. The van der Waals surface area contributed by atoms with Gasteiger partial charge in [0.25, 0.3) is 5.69 Å². The minimum absolute atomic E-state index is 0.0790. The average Bonchev–Trinajstić information content (AvgIpc) is 2.47. The summed E-state index contributed by atoms with van der Waals surface area (Å²) in [6, 6.07) is 11.6. The number of nitro groups is 1. The van der Waals surface area contributed by atoms with Crippen molar-refractivity contribution in [3.05, 3.63) is 64.2 Å². The minimum atomic E-state index is -0.780. The van der Waals surface area contributed by atoms with E-state index in [4.69, 9.17) is 9.47 Å². The van der Waals surface area contributed by atoms with Crippen molar-refractivity contribution in [2.75, 3.05) is 0 Å². The third-order valence-corrected chi connectivity index (χ3v) is 2.60. The smallest absolute Gasteiger partial charge is 0.347 e. The molecule has 0 bridgehead atoms. The van der Waals surface area contributed by atoms with Crippen molar-refractivity contribution in [2.45, 2.75) is 6.92 Å². The van der Waals surface area contributed by atoms with Crippen LogP contribution < -0.4 is 9.47 Å². The van der Waals surface area contributed by atoms with Crippen molar-refractivity contribution in [1.82, 2.24) is 0 Å². The Balaban J connectivity index is 2.34. The lowest BCUT2D eigenvalue weighted by Gasteiger charge is -2.08. The van der Waals surface area contributed by atoms with E-state index in [-0.39, 0.29) is 17.0 Å². The number of rotatable bonds is 4. The van der Waals surface area contributed by atoms with E-state index in [1.165, 1.54) is 6.07 Å². The van der Waals surface area contributed by atoms with E-state index >= 15 is 0 Å². The fourth-order valence-electron chi connectivity index (χ4n) is 1.68. The highest BCUT2D eigenvalue weighted by molar-refractivity contribution is 5.95. The van der Waals surface area contributed by atoms with E-state index in [2.05, 4.69) is 0 Å². The Morgan fingerprint density at radius 3 is 2.32 bits per heavy atom. The van der Waals surface area contributed by atoms with Crippen LogP contribution in [0.5, 0.6) is 11.5 Å². The highest BCUT2D eigenvalue weighted by atomic mass is 16.6. The predicted molar refractivity (Wildman–Crippen MR) is 75.8 cm³/mol. The van der Waals surface area contributed by atoms with Gasteiger partial charge in [-0.3, -0.25) is 14.9 Å². The maximum atomic E-state index is 12.1. The molecule has 2 aromatic rings. The molecule has 0 aliphatic carbocycles. The fraction of sp³-hybridized carbons (Fsp3) is 0.0667.